The van der Waals surface area contributed by atoms with Gasteiger partial charge >= 0.3 is 0 Å². The highest BCUT2D eigenvalue weighted by atomic mass is 31.2. The van der Waals surface area contributed by atoms with Gasteiger partial charge in [0.25, 0.3) is 0 Å². The summed E-state index contributed by atoms with van der Waals surface area (Å²) in [6, 6.07) is 18.5. The highest BCUT2D eigenvalue weighted by Gasteiger charge is 2.29. The fourth-order valence-electron chi connectivity index (χ4n) is 3.09. The predicted octanol–water partition coefficient (Wildman–Crippen LogP) is 4.57. The Morgan fingerprint density at radius 1 is 1.04 bits per heavy atom. The number of nitrogens with zero attached hydrogens (tertiary/aromatic N) is 1. The number of hydrogen-bond acceptors (Lipinski definition) is 2. The fourth-order valence-corrected chi connectivity index (χ4v) is 5.70. The van der Waals surface area contributed by atoms with E-state index >= 15 is 0 Å². The first-order valence-corrected chi connectivity index (χ1v) is 10.2. The molecule has 120 valence electrons. The second-order valence-corrected chi connectivity index (χ2v) is 10.0. The minimum atomic E-state index is -2.37. The molecule has 0 fully saturated rings. The molecule has 0 saturated heterocycles. The fraction of sp³-hybridized carbons (Fsp3) is 0.300. The summed E-state index contributed by atoms with van der Waals surface area (Å²) in [5.74, 6) is 0. The Hall–Kier alpha value is -1.79. The van der Waals surface area contributed by atoms with Gasteiger partial charge in [-0.2, -0.15) is 0 Å². The monoisotopic (exact) mass is 325 g/mol. The van der Waals surface area contributed by atoms with E-state index in [0.717, 1.165) is 24.6 Å². The highest BCUT2D eigenvalue weighted by molar-refractivity contribution is 7.72. The maximum absolute atomic E-state index is 13.6. The van der Waals surface area contributed by atoms with Crippen molar-refractivity contribution in [2.45, 2.75) is 26.1 Å². The number of fused-ring (bicyclic) bond motifs is 1. The maximum atomic E-state index is 13.6. The molecule has 0 aromatic heterocycles. The molecule has 0 spiro atoms. The van der Waals surface area contributed by atoms with Crippen LogP contribution in [0.4, 0.5) is 0 Å². The summed E-state index contributed by atoms with van der Waals surface area (Å²) in [6.45, 7) is 5.89. The van der Waals surface area contributed by atoms with Crippen LogP contribution in [-0.2, 0) is 11.1 Å². The molecule has 1 aliphatic rings. The molecule has 0 N–H and O–H groups in total. The smallest absolute Gasteiger partial charge is 0.119 e. The van der Waals surface area contributed by atoms with Crippen molar-refractivity contribution in [3.8, 4) is 0 Å². The number of benzene rings is 2. The summed E-state index contributed by atoms with van der Waals surface area (Å²) in [7, 11) is -2.37. The molecule has 1 aliphatic heterocycles. The molecule has 2 aromatic rings. The molecule has 2 nitrogen and oxygen atoms in total. The van der Waals surface area contributed by atoms with E-state index in [4.69, 9.17) is 0 Å². The summed E-state index contributed by atoms with van der Waals surface area (Å²) < 4.78 is 13.6. The zero-order chi connectivity index (χ0) is 16.3. The lowest BCUT2D eigenvalue weighted by Crippen LogP contribution is -2.26. The van der Waals surface area contributed by atoms with Crippen molar-refractivity contribution >= 4 is 18.5 Å². The Labute approximate surface area is 139 Å². The van der Waals surface area contributed by atoms with Crippen LogP contribution < -0.4 is 5.30 Å². The number of rotatable bonds is 5. The largest absolute Gasteiger partial charge is 0.373 e. The van der Waals surface area contributed by atoms with Crippen molar-refractivity contribution in [2.75, 3.05) is 12.7 Å². The van der Waals surface area contributed by atoms with Gasteiger partial charge in [0.2, 0.25) is 0 Å². The average Bonchev–Trinajstić information content (AvgIpc) is 2.60. The van der Waals surface area contributed by atoms with Crippen LogP contribution >= 0.6 is 7.14 Å². The quantitative estimate of drug-likeness (QED) is 0.751. The van der Waals surface area contributed by atoms with E-state index in [1.54, 1.807) is 0 Å². The molecule has 1 atom stereocenters. The van der Waals surface area contributed by atoms with E-state index in [1.165, 1.54) is 11.1 Å². The van der Waals surface area contributed by atoms with Crippen molar-refractivity contribution in [3.05, 3.63) is 71.9 Å². The van der Waals surface area contributed by atoms with Gasteiger partial charge in [-0.25, -0.2) is 0 Å². The standard InChI is InChI=1S/C20H24NOP/c1-17(2)23(22,20-10-4-3-5-11-20)15-14-21-13-12-18-8-6-7-9-19(18)16-21/h3-13,17H,14-16H2,1-2H3/t23-/m0/s1. The molecule has 0 aliphatic carbocycles. The van der Waals surface area contributed by atoms with E-state index in [1.807, 2.05) is 30.3 Å². The molecule has 3 heteroatoms. The second-order valence-electron chi connectivity index (χ2n) is 6.43. The van der Waals surface area contributed by atoms with E-state index in [-0.39, 0.29) is 5.66 Å². The normalized spacial score (nSPS) is 16.2. The lowest BCUT2D eigenvalue weighted by Gasteiger charge is -2.29. The molecule has 23 heavy (non-hydrogen) atoms. The van der Waals surface area contributed by atoms with Gasteiger partial charge in [0.1, 0.15) is 7.14 Å². The van der Waals surface area contributed by atoms with E-state index in [9.17, 15) is 4.57 Å². The molecule has 2 aromatic carbocycles. The first-order chi connectivity index (χ1) is 11.1. The second kappa shape index (κ2) is 6.76. The Morgan fingerprint density at radius 3 is 2.48 bits per heavy atom. The lowest BCUT2D eigenvalue weighted by molar-refractivity contribution is 0.387. The van der Waals surface area contributed by atoms with Crippen molar-refractivity contribution in [1.29, 1.82) is 0 Å². The van der Waals surface area contributed by atoms with Crippen LogP contribution in [0.5, 0.6) is 0 Å². The van der Waals surface area contributed by atoms with Gasteiger partial charge in [0, 0.05) is 30.2 Å². The first kappa shape index (κ1) is 16.1. The first-order valence-electron chi connectivity index (χ1n) is 8.24. The zero-order valence-corrected chi connectivity index (χ0v) is 14.7. The Balaban J connectivity index is 1.73. The van der Waals surface area contributed by atoms with Crippen LogP contribution in [0.2, 0.25) is 0 Å². The molecule has 3 rings (SSSR count). The third-order valence-corrected chi connectivity index (χ3v) is 8.35. The average molecular weight is 325 g/mol. The van der Waals surface area contributed by atoms with Crippen LogP contribution in [-0.4, -0.2) is 23.3 Å². The van der Waals surface area contributed by atoms with Crippen LogP contribution in [0.25, 0.3) is 6.08 Å². The lowest BCUT2D eigenvalue weighted by atomic mass is 10.0. The molecule has 0 saturated carbocycles. The molecular weight excluding hydrogens is 301 g/mol. The van der Waals surface area contributed by atoms with Crippen molar-refractivity contribution in [2.24, 2.45) is 0 Å². The van der Waals surface area contributed by atoms with Gasteiger partial charge in [0.15, 0.2) is 0 Å². The summed E-state index contributed by atoms with van der Waals surface area (Å²) in [5, 5.41) is 1.01. The summed E-state index contributed by atoms with van der Waals surface area (Å²) in [5.41, 5.74) is 2.80. The van der Waals surface area contributed by atoms with Crippen molar-refractivity contribution in [1.82, 2.24) is 4.90 Å². The summed E-state index contributed by atoms with van der Waals surface area (Å²) >= 11 is 0. The predicted molar refractivity (Wildman–Crippen MR) is 99.6 cm³/mol. The molecule has 0 bridgehead atoms. The Morgan fingerprint density at radius 2 is 1.74 bits per heavy atom. The molecular formula is C20H24NOP. The van der Waals surface area contributed by atoms with Gasteiger partial charge in [-0.05, 0) is 23.4 Å². The van der Waals surface area contributed by atoms with Crippen LogP contribution in [0.15, 0.2) is 60.8 Å². The van der Waals surface area contributed by atoms with Crippen LogP contribution in [0.1, 0.15) is 25.0 Å². The van der Waals surface area contributed by atoms with Crippen LogP contribution in [0, 0.1) is 0 Å². The number of hydrogen-bond donors (Lipinski definition) is 0. The third-order valence-electron chi connectivity index (χ3n) is 4.64. The van der Waals surface area contributed by atoms with Crippen molar-refractivity contribution in [3.63, 3.8) is 0 Å². The third kappa shape index (κ3) is 3.43. The topological polar surface area (TPSA) is 20.3 Å². The molecule has 0 unspecified atom stereocenters. The van der Waals surface area contributed by atoms with E-state index in [2.05, 4.69) is 55.3 Å². The molecule has 0 amide bonds. The SMILES string of the molecule is CC(C)[P@@](=O)(CCN1C=Cc2ccccc2C1)c1ccccc1. The highest BCUT2D eigenvalue weighted by Crippen LogP contribution is 2.49. The Kier molecular flexibility index (Phi) is 4.73. The minimum Gasteiger partial charge on any atom is -0.373 e. The van der Waals surface area contributed by atoms with Gasteiger partial charge in [-0.3, -0.25) is 0 Å². The van der Waals surface area contributed by atoms with Crippen molar-refractivity contribution < 1.29 is 4.57 Å². The summed E-state index contributed by atoms with van der Waals surface area (Å²) in [4.78, 5) is 2.28. The van der Waals surface area contributed by atoms with Gasteiger partial charge in [0.05, 0.1) is 0 Å². The van der Waals surface area contributed by atoms with E-state index in [0.29, 0.717) is 0 Å². The zero-order valence-electron chi connectivity index (χ0n) is 13.9. The van der Waals surface area contributed by atoms with Crippen LogP contribution in [0.3, 0.4) is 0 Å². The molecule has 0 radical (unpaired) electrons. The van der Waals surface area contributed by atoms with Gasteiger partial charge in [-0.1, -0.05) is 68.4 Å². The van der Waals surface area contributed by atoms with Gasteiger partial charge in [-0.15, -0.1) is 0 Å². The molecule has 1 heterocycles. The minimum absolute atomic E-state index is 0.172. The van der Waals surface area contributed by atoms with E-state index < -0.39 is 7.14 Å². The van der Waals surface area contributed by atoms with Gasteiger partial charge < -0.3 is 9.46 Å². The summed E-state index contributed by atoms with van der Waals surface area (Å²) in [6.07, 6.45) is 5.01. The Bertz CT molecular complexity index is 736. The maximum Gasteiger partial charge on any atom is 0.119 e.